The summed E-state index contributed by atoms with van der Waals surface area (Å²) in [5.74, 6) is 0.746. The molecule has 98 valence electrons. The Bertz CT molecular complexity index is 402. The molecule has 18 heavy (non-hydrogen) atoms. The third-order valence-corrected chi connectivity index (χ3v) is 3.17. The number of carbonyl (C=O) groups is 1. The number of hydrogen-bond donors (Lipinski definition) is 0. The van der Waals surface area contributed by atoms with Crippen LogP contribution in [0.15, 0.2) is 24.3 Å². The first kappa shape index (κ1) is 12.9. The van der Waals surface area contributed by atoms with E-state index >= 15 is 0 Å². The van der Waals surface area contributed by atoms with Crippen LogP contribution < -0.4 is 4.74 Å². The Labute approximate surface area is 107 Å². The molecule has 0 radical (unpaired) electrons. The van der Waals surface area contributed by atoms with Crippen LogP contribution in [0.3, 0.4) is 0 Å². The van der Waals surface area contributed by atoms with Gasteiger partial charge in [0, 0.05) is 13.0 Å². The molecule has 1 saturated heterocycles. The second kappa shape index (κ2) is 5.87. The van der Waals surface area contributed by atoms with Crippen LogP contribution in [0.5, 0.6) is 5.75 Å². The quantitative estimate of drug-likeness (QED) is 0.743. The van der Waals surface area contributed by atoms with Gasteiger partial charge < -0.3 is 9.47 Å². The van der Waals surface area contributed by atoms with Crippen molar-refractivity contribution in [3.63, 3.8) is 0 Å². The predicted molar refractivity (Wildman–Crippen MR) is 68.7 cm³/mol. The molecule has 1 atom stereocenters. The maximum atomic E-state index is 11.4. The van der Waals surface area contributed by atoms with E-state index in [9.17, 15) is 4.79 Å². The minimum atomic E-state index is -0.118. The van der Waals surface area contributed by atoms with Crippen LogP contribution in [0.2, 0.25) is 0 Å². The third-order valence-electron chi connectivity index (χ3n) is 3.17. The summed E-state index contributed by atoms with van der Waals surface area (Å²) >= 11 is 0. The van der Waals surface area contributed by atoms with Gasteiger partial charge in [0.15, 0.2) is 0 Å². The van der Waals surface area contributed by atoms with Crippen LogP contribution in [-0.2, 0) is 9.53 Å². The third kappa shape index (κ3) is 3.23. The second-order valence-electron chi connectivity index (χ2n) is 4.61. The number of hydrogen-bond acceptors (Lipinski definition) is 4. The molecule has 0 bridgehead atoms. The minimum absolute atomic E-state index is 0.105. The van der Waals surface area contributed by atoms with Gasteiger partial charge in [-0.2, -0.15) is 0 Å². The molecule has 0 aromatic heterocycles. The Balaban J connectivity index is 1.74. The summed E-state index contributed by atoms with van der Waals surface area (Å²) in [7, 11) is 1.93. The molecule has 1 aliphatic rings. The standard InChI is InChI=1S/C14H19NO3/c1-11-3-5-12(6-4-11)17-10-8-15(2)13-7-9-18-14(13)16/h3-6,13H,7-10H2,1-2H3/t13-/m1/s1. The molecule has 0 N–H and O–H groups in total. The maximum absolute atomic E-state index is 11.4. The van der Waals surface area contributed by atoms with Crippen molar-refractivity contribution in [1.82, 2.24) is 4.90 Å². The summed E-state index contributed by atoms with van der Waals surface area (Å²) in [6.45, 7) is 3.87. The Morgan fingerprint density at radius 3 is 2.72 bits per heavy atom. The van der Waals surface area contributed by atoms with E-state index in [1.807, 2.05) is 43.1 Å². The van der Waals surface area contributed by atoms with E-state index in [4.69, 9.17) is 9.47 Å². The largest absolute Gasteiger partial charge is 0.492 e. The van der Waals surface area contributed by atoms with E-state index in [2.05, 4.69) is 0 Å². The van der Waals surface area contributed by atoms with Crippen molar-refractivity contribution in [2.75, 3.05) is 26.8 Å². The van der Waals surface area contributed by atoms with Crippen molar-refractivity contribution in [1.29, 1.82) is 0 Å². The number of ether oxygens (including phenoxy) is 2. The summed E-state index contributed by atoms with van der Waals surface area (Å²) in [6, 6.07) is 7.85. The number of benzene rings is 1. The van der Waals surface area contributed by atoms with E-state index in [0.717, 1.165) is 12.2 Å². The van der Waals surface area contributed by atoms with Gasteiger partial charge in [0.1, 0.15) is 18.4 Å². The van der Waals surface area contributed by atoms with Crippen LogP contribution in [-0.4, -0.2) is 43.7 Å². The van der Waals surface area contributed by atoms with Crippen molar-refractivity contribution in [3.05, 3.63) is 29.8 Å². The van der Waals surface area contributed by atoms with Gasteiger partial charge in [-0.1, -0.05) is 17.7 Å². The molecule has 1 aliphatic heterocycles. The second-order valence-corrected chi connectivity index (χ2v) is 4.61. The normalized spacial score (nSPS) is 19.1. The highest BCUT2D eigenvalue weighted by molar-refractivity contribution is 5.77. The summed E-state index contributed by atoms with van der Waals surface area (Å²) in [4.78, 5) is 13.4. The molecule has 1 fully saturated rings. The van der Waals surface area contributed by atoms with Gasteiger partial charge >= 0.3 is 5.97 Å². The highest BCUT2D eigenvalue weighted by Crippen LogP contribution is 2.13. The fraction of sp³-hybridized carbons (Fsp3) is 0.500. The van der Waals surface area contributed by atoms with Gasteiger partial charge in [-0.05, 0) is 26.1 Å². The Hall–Kier alpha value is -1.55. The van der Waals surface area contributed by atoms with Crippen molar-refractivity contribution in [2.45, 2.75) is 19.4 Å². The van der Waals surface area contributed by atoms with Gasteiger partial charge in [-0.15, -0.1) is 0 Å². The first-order chi connectivity index (χ1) is 8.66. The molecular formula is C14H19NO3. The smallest absolute Gasteiger partial charge is 0.323 e. The summed E-state index contributed by atoms with van der Waals surface area (Å²) in [6.07, 6.45) is 0.778. The lowest BCUT2D eigenvalue weighted by molar-refractivity contribution is -0.142. The Morgan fingerprint density at radius 2 is 2.11 bits per heavy atom. The molecule has 1 heterocycles. The molecule has 0 unspecified atom stereocenters. The van der Waals surface area contributed by atoms with Crippen LogP contribution in [0.25, 0.3) is 0 Å². The molecule has 4 heteroatoms. The number of esters is 1. The fourth-order valence-corrected chi connectivity index (χ4v) is 1.98. The zero-order valence-corrected chi connectivity index (χ0v) is 10.9. The molecule has 0 spiro atoms. The number of nitrogens with zero attached hydrogens (tertiary/aromatic N) is 1. The van der Waals surface area contributed by atoms with Gasteiger partial charge in [0.25, 0.3) is 0 Å². The molecule has 0 amide bonds. The summed E-state index contributed by atoms with van der Waals surface area (Å²) in [5, 5.41) is 0. The van der Waals surface area contributed by atoms with E-state index in [0.29, 0.717) is 19.8 Å². The van der Waals surface area contributed by atoms with E-state index in [1.54, 1.807) is 0 Å². The van der Waals surface area contributed by atoms with Crippen molar-refractivity contribution >= 4 is 5.97 Å². The number of cyclic esters (lactones) is 1. The van der Waals surface area contributed by atoms with Crippen molar-refractivity contribution in [2.24, 2.45) is 0 Å². The van der Waals surface area contributed by atoms with Gasteiger partial charge in [-0.25, -0.2) is 0 Å². The van der Waals surface area contributed by atoms with Gasteiger partial charge in [-0.3, -0.25) is 9.69 Å². The Kier molecular flexibility index (Phi) is 4.20. The fourth-order valence-electron chi connectivity index (χ4n) is 1.98. The van der Waals surface area contributed by atoms with Crippen molar-refractivity contribution in [3.8, 4) is 5.75 Å². The minimum Gasteiger partial charge on any atom is -0.492 e. The molecule has 4 nitrogen and oxygen atoms in total. The van der Waals surface area contributed by atoms with Gasteiger partial charge in [0.2, 0.25) is 0 Å². The van der Waals surface area contributed by atoms with Crippen LogP contribution in [0.1, 0.15) is 12.0 Å². The Morgan fingerprint density at radius 1 is 1.39 bits per heavy atom. The monoisotopic (exact) mass is 249 g/mol. The van der Waals surface area contributed by atoms with Crippen LogP contribution in [0.4, 0.5) is 0 Å². The highest BCUT2D eigenvalue weighted by Gasteiger charge is 2.29. The summed E-state index contributed by atoms with van der Waals surface area (Å²) < 4.78 is 10.6. The average Bonchev–Trinajstić information content (AvgIpc) is 2.78. The number of carbonyl (C=O) groups excluding carboxylic acids is 1. The number of rotatable bonds is 5. The molecule has 1 aromatic rings. The molecule has 0 saturated carbocycles. The molecular weight excluding hydrogens is 230 g/mol. The topological polar surface area (TPSA) is 38.8 Å². The van der Waals surface area contributed by atoms with E-state index in [-0.39, 0.29) is 12.0 Å². The number of aryl methyl sites for hydroxylation is 1. The van der Waals surface area contributed by atoms with E-state index in [1.165, 1.54) is 5.56 Å². The van der Waals surface area contributed by atoms with Crippen LogP contribution in [0, 0.1) is 6.92 Å². The lowest BCUT2D eigenvalue weighted by Crippen LogP contribution is -2.37. The maximum Gasteiger partial charge on any atom is 0.323 e. The molecule has 2 rings (SSSR count). The lowest BCUT2D eigenvalue weighted by atomic mass is 10.2. The molecule has 1 aromatic carbocycles. The van der Waals surface area contributed by atoms with Crippen molar-refractivity contribution < 1.29 is 14.3 Å². The average molecular weight is 249 g/mol. The summed E-state index contributed by atoms with van der Waals surface area (Å²) in [5.41, 5.74) is 1.22. The highest BCUT2D eigenvalue weighted by atomic mass is 16.5. The van der Waals surface area contributed by atoms with E-state index < -0.39 is 0 Å². The molecule has 0 aliphatic carbocycles. The van der Waals surface area contributed by atoms with Crippen LogP contribution >= 0.6 is 0 Å². The first-order valence-corrected chi connectivity index (χ1v) is 6.23. The SMILES string of the molecule is Cc1ccc(OCCN(C)[C@@H]2CCOC2=O)cc1. The lowest BCUT2D eigenvalue weighted by Gasteiger charge is -2.20. The number of likely N-dealkylation sites (N-methyl/N-ethyl adjacent to an activating group) is 1. The predicted octanol–water partition coefficient (Wildman–Crippen LogP) is 1.62. The first-order valence-electron chi connectivity index (χ1n) is 6.23. The van der Waals surface area contributed by atoms with Gasteiger partial charge in [0.05, 0.1) is 6.61 Å². The zero-order valence-electron chi connectivity index (χ0n) is 10.9. The zero-order chi connectivity index (χ0) is 13.0.